The first-order valence-corrected chi connectivity index (χ1v) is 7.42. The maximum absolute atomic E-state index is 13.9. The second-order valence-corrected chi connectivity index (χ2v) is 5.57. The second-order valence-electron chi connectivity index (χ2n) is 5.57. The smallest absolute Gasteiger partial charge is 0.128 e. The fourth-order valence-corrected chi connectivity index (χ4v) is 2.79. The molecule has 0 aromatic heterocycles. The van der Waals surface area contributed by atoms with Gasteiger partial charge in [-0.15, -0.1) is 0 Å². The van der Waals surface area contributed by atoms with Crippen LogP contribution in [0.3, 0.4) is 0 Å². The average molecular weight is 280 g/mol. The van der Waals surface area contributed by atoms with Crippen LogP contribution < -0.4 is 5.32 Å². The quantitative estimate of drug-likeness (QED) is 0.867. The van der Waals surface area contributed by atoms with Crippen molar-refractivity contribution >= 4 is 0 Å². The Morgan fingerprint density at radius 3 is 2.85 bits per heavy atom. The van der Waals surface area contributed by atoms with E-state index in [1.54, 1.807) is 6.07 Å². The lowest BCUT2D eigenvalue weighted by Crippen LogP contribution is -2.38. The van der Waals surface area contributed by atoms with Crippen molar-refractivity contribution in [2.45, 2.75) is 31.4 Å². The van der Waals surface area contributed by atoms with E-state index in [9.17, 15) is 4.39 Å². The molecule has 2 rings (SSSR count). The molecule has 1 heterocycles. The SMILES string of the molecule is CNC(CN(C)CC1CCCCO1)c1ccccc1F. The summed E-state index contributed by atoms with van der Waals surface area (Å²) in [5.74, 6) is -0.144. The predicted octanol–water partition coefficient (Wildman–Crippen LogP) is 2.59. The van der Waals surface area contributed by atoms with Gasteiger partial charge in [0.15, 0.2) is 0 Å². The number of rotatable bonds is 6. The van der Waals surface area contributed by atoms with E-state index in [2.05, 4.69) is 17.3 Å². The minimum absolute atomic E-state index is 0.00444. The Bertz CT molecular complexity index is 407. The predicted molar refractivity (Wildman–Crippen MR) is 79.3 cm³/mol. The summed E-state index contributed by atoms with van der Waals surface area (Å²) in [6.07, 6.45) is 3.89. The van der Waals surface area contributed by atoms with Crippen LogP contribution in [-0.4, -0.2) is 44.8 Å². The van der Waals surface area contributed by atoms with Gasteiger partial charge in [0, 0.05) is 31.3 Å². The van der Waals surface area contributed by atoms with E-state index in [1.165, 1.54) is 18.9 Å². The maximum Gasteiger partial charge on any atom is 0.128 e. The van der Waals surface area contributed by atoms with Crippen molar-refractivity contribution in [2.75, 3.05) is 33.8 Å². The zero-order valence-corrected chi connectivity index (χ0v) is 12.4. The number of nitrogens with one attached hydrogen (secondary N) is 1. The molecule has 1 aliphatic heterocycles. The van der Waals surface area contributed by atoms with E-state index in [1.807, 2.05) is 19.2 Å². The lowest BCUT2D eigenvalue weighted by molar-refractivity contribution is -0.00258. The van der Waals surface area contributed by atoms with Crippen molar-refractivity contribution < 1.29 is 9.13 Å². The van der Waals surface area contributed by atoms with Gasteiger partial charge in [-0.2, -0.15) is 0 Å². The Kier molecular flexibility index (Phi) is 5.95. The van der Waals surface area contributed by atoms with Crippen LogP contribution in [0, 0.1) is 5.82 Å². The topological polar surface area (TPSA) is 24.5 Å². The minimum atomic E-state index is -0.144. The number of hydrogen-bond donors (Lipinski definition) is 1. The molecule has 4 heteroatoms. The fourth-order valence-electron chi connectivity index (χ4n) is 2.79. The molecule has 20 heavy (non-hydrogen) atoms. The number of likely N-dealkylation sites (N-methyl/N-ethyl adjacent to an activating group) is 2. The van der Waals surface area contributed by atoms with Gasteiger partial charge in [0.1, 0.15) is 5.82 Å². The molecule has 2 unspecified atom stereocenters. The highest BCUT2D eigenvalue weighted by Gasteiger charge is 2.19. The Morgan fingerprint density at radius 2 is 2.20 bits per heavy atom. The molecule has 1 aromatic carbocycles. The van der Waals surface area contributed by atoms with Gasteiger partial charge in [-0.05, 0) is 39.4 Å². The number of benzene rings is 1. The van der Waals surface area contributed by atoms with E-state index in [0.29, 0.717) is 6.10 Å². The van der Waals surface area contributed by atoms with Gasteiger partial charge in [0.2, 0.25) is 0 Å². The first-order valence-electron chi connectivity index (χ1n) is 7.42. The number of ether oxygens (including phenoxy) is 1. The molecule has 0 saturated carbocycles. The molecule has 0 bridgehead atoms. The molecule has 3 nitrogen and oxygen atoms in total. The first kappa shape index (κ1) is 15.4. The number of hydrogen-bond acceptors (Lipinski definition) is 3. The van der Waals surface area contributed by atoms with E-state index in [-0.39, 0.29) is 11.9 Å². The zero-order chi connectivity index (χ0) is 14.4. The molecule has 112 valence electrons. The van der Waals surface area contributed by atoms with Crippen molar-refractivity contribution in [2.24, 2.45) is 0 Å². The first-order chi connectivity index (χ1) is 9.70. The standard InChI is InChI=1S/C16H25FN2O/c1-18-16(14-8-3-4-9-15(14)17)12-19(2)11-13-7-5-6-10-20-13/h3-4,8-9,13,16,18H,5-7,10-12H2,1-2H3. The van der Waals surface area contributed by atoms with Crippen molar-refractivity contribution in [1.82, 2.24) is 10.2 Å². The monoisotopic (exact) mass is 280 g/mol. The highest BCUT2D eigenvalue weighted by atomic mass is 19.1. The van der Waals surface area contributed by atoms with E-state index < -0.39 is 0 Å². The van der Waals surface area contributed by atoms with Crippen molar-refractivity contribution in [3.05, 3.63) is 35.6 Å². The second kappa shape index (κ2) is 7.72. The summed E-state index contributed by atoms with van der Waals surface area (Å²) in [6.45, 7) is 2.56. The van der Waals surface area contributed by atoms with E-state index in [4.69, 9.17) is 4.74 Å². The average Bonchev–Trinajstić information content (AvgIpc) is 2.46. The third kappa shape index (κ3) is 4.27. The molecule has 0 radical (unpaired) electrons. The van der Waals surface area contributed by atoms with Crippen molar-refractivity contribution in [3.63, 3.8) is 0 Å². The largest absolute Gasteiger partial charge is 0.377 e. The number of nitrogens with zero attached hydrogens (tertiary/aromatic N) is 1. The van der Waals surface area contributed by atoms with Crippen LogP contribution in [0.2, 0.25) is 0 Å². The summed E-state index contributed by atoms with van der Waals surface area (Å²) in [5, 5.41) is 3.20. The Morgan fingerprint density at radius 1 is 1.40 bits per heavy atom. The summed E-state index contributed by atoms with van der Waals surface area (Å²) < 4.78 is 19.6. The third-order valence-corrected chi connectivity index (χ3v) is 3.91. The Hall–Kier alpha value is -0.970. The highest BCUT2D eigenvalue weighted by Crippen LogP contribution is 2.19. The molecule has 0 amide bonds. The van der Waals surface area contributed by atoms with Crippen LogP contribution in [0.5, 0.6) is 0 Å². The fraction of sp³-hybridized carbons (Fsp3) is 0.625. The van der Waals surface area contributed by atoms with Crippen molar-refractivity contribution in [3.8, 4) is 0 Å². The molecule has 1 saturated heterocycles. The van der Waals surface area contributed by atoms with E-state index in [0.717, 1.165) is 31.7 Å². The number of halogens is 1. The molecule has 1 aliphatic rings. The summed E-state index contributed by atoms with van der Waals surface area (Å²) in [6, 6.07) is 6.98. The van der Waals surface area contributed by atoms with Gasteiger partial charge in [0.25, 0.3) is 0 Å². The molecule has 0 spiro atoms. The molecular formula is C16H25FN2O. The highest BCUT2D eigenvalue weighted by molar-refractivity contribution is 5.21. The lowest BCUT2D eigenvalue weighted by Gasteiger charge is -2.30. The minimum Gasteiger partial charge on any atom is -0.377 e. The lowest BCUT2D eigenvalue weighted by atomic mass is 10.0. The summed E-state index contributed by atoms with van der Waals surface area (Å²) in [4.78, 5) is 2.23. The Balaban J connectivity index is 1.90. The van der Waals surface area contributed by atoms with Crippen molar-refractivity contribution in [1.29, 1.82) is 0 Å². The summed E-state index contributed by atoms with van der Waals surface area (Å²) >= 11 is 0. The summed E-state index contributed by atoms with van der Waals surface area (Å²) in [7, 11) is 3.95. The van der Waals surface area contributed by atoms with Crippen LogP contribution >= 0.6 is 0 Å². The normalized spacial score (nSPS) is 21.1. The van der Waals surface area contributed by atoms with Gasteiger partial charge in [-0.1, -0.05) is 18.2 Å². The third-order valence-electron chi connectivity index (χ3n) is 3.91. The van der Waals surface area contributed by atoms with Crippen LogP contribution in [0.1, 0.15) is 30.9 Å². The molecule has 1 aromatic rings. The van der Waals surface area contributed by atoms with E-state index >= 15 is 0 Å². The maximum atomic E-state index is 13.9. The van der Waals surface area contributed by atoms with Crippen LogP contribution in [0.25, 0.3) is 0 Å². The molecular weight excluding hydrogens is 255 g/mol. The molecule has 0 aliphatic carbocycles. The Labute approximate surface area is 121 Å². The van der Waals surface area contributed by atoms with Gasteiger partial charge < -0.3 is 15.0 Å². The van der Waals surface area contributed by atoms with Crippen LogP contribution in [0.4, 0.5) is 4.39 Å². The van der Waals surface area contributed by atoms with Crippen LogP contribution in [-0.2, 0) is 4.74 Å². The summed E-state index contributed by atoms with van der Waals surface area (Å²) in [5.41, 5.74) is 0.728. The zero-order valence-electron chi connectivity index (χ0n) is 12.4. The van der Waals surface area contributed by atoms with Gasteiger partial charge in [0.05, 0.1) is 6.10 Å². The van der Waals surface area contributed by atoms with Gasteiger partial charge in [-0.3, -0.25) is 0 Å². The van der Waals surface area contributed by atoms with Gasteiger partial charge in [-0.25, -0.2) is 4.39 Å². The van der Waals surface area contributed by atoms with Gasteiger partial charge >= 0.3 is 0 Å². The molecule has 1 N–H and O–H groups in total. The molecule has 2 atom stereocenters. The molecule has 1 fully saturated rings. The van der Waals surface area contributed by atoms with Crippen LogP contribution in [0.15, 0.2) is 24.3 Å².